The number of carbonyl (C=O) groups excluding carboxylic acids is 1. The van der Waals surface area contributed by atoms with E-state index < -0.39 is 12.0 Å². The number of aliphatic carboxylic acids is 1. The second-order valence-electron chi connectivity index (χ2n) is 6.81. The molecular formula is C16H30N2O3. The van der Waals surface area contributed by atoms with E-state index in [9.17, 15) is 14.7 Å². The lowest BCUT2D eigenvalue weighted by molar-refractivity contribution is -0.159. The van der Waals surface area contributed by atoms with Crippen molar-refractivity contribution in [3.8, 4) is 0 Å². The molecule has 1 heterocycles. The summed E-state index contributed by atoms with van der Waals surface area (Å²) in [7, 11) is 0. The normalized spacial score (nSPS) is 22.9. The molecule has 122 valence electrons. The zero-order valence-corrected chi connectivity index (χ0v) is 13.6. The molecule has 1 rings (SSSR count). The average Bonchev–Trinajstić information content (AvgIpc) is 2.41. The van der Waals surface area contributed by atoms with Crippen LogP contribution in [-0.2, 0) is 9.59 Å². The number of likely N-dealkylation sites (tertiary alicyclic amines) is 1. The second kappa shape index (κ2) is 7.78. The average molecular weight is 298 g/mol. The maximum Gasteiger partial charge on any atom is 0.326 e. The summed E-state index contributed by atoms with van der Waals surface area (Å²) in [5.41, 5.74) is 5.22. The number of rotatable bonds is 7. The Morgan fingerprint density at radius 3 is 2.57 bits per heavy atom. The predicted molar refractivity (Wildman–Crippen MR) is 82.8 cm³/mol. The summed E-state index contributed by atoms with van der Waals surface area (Å²) in [6.07, 6.45) is 4.89. The van der Waals surface area contributed by atoms with Crippen molar-refractivity contribution in [1.82, 2.24) is 4.90 Å². The molecule has 1 amide bonds. The molecule has 5 nitrogen and oxygen atoms in total. The highest BCUT2D eigenvalue weighted by molar-refractivity contribution is 5.84. The molecule has 0 aromatic carbocycles. The Bertz CT molecular complexity index is 369. The van der Waals surface area contributed by atoms with Crippen LogP contribution in [0.1, 0.15) is 59.3 Å². The fourth-order valence-electron chi connectivity index (χ4n) is 3.39. The number of piperidine rings is 1. The van der Waals surface area contributed by atoms with Gasteiger partial charge < -0.3 is 15.7 Å². The number of carboxylic acid groups (broad SMARTS) is 1. The van der Waals surface area contributed by atoms with Crippen LogP contribution < -0.4 is 5.73 Å². The standard InChI is InChI=1S/C16H30N2O3/c1-4-12(8-10-17)6-7-13(19)18-11-5-9-16(2,3)14(18)15(20)21/h12,14H,4-11,17H2,1-3H3,(H,20,21). The number of amides is 1. The molecule has 0 saturated carbocycles. The Balaban J connectivity index is 2.68. The third-order valence-corrected chi connectivity index (χ3v) is 4.75. The van der Waals surface area contributed by atoms with Crippen molar-refractivity contribution in [2.75, 3.05) is 13.1 Å². The minimum Gasteiger partial charge on any atom is -0.480 e. The van der Waals surface area contributed by atoms with Crippen molar-refractivity contribution in [1.29, 1.82) is 0 Å². The predicted octanol–water partition coefficient (Wildman–Crippen LogP) is 2.24. The molecule has 0 bridgehead atoms. The topological polar surface area (TPSA) is 83.6 Å². The fourth-order valence-corrected chi connectivity index (χ4v) is 3.39. The first-order valence-electron chi connectivity index (χ1n) is 8.05. The molecule has 1 aliphatic rings. The van der Waals surface area contributed by atoms with Crippen LogP contribution in [0.3, 0.4) is 0 Å². The summed E-state index contributed by atoms with van der Waals surface area (Å²) in [6, 6.07) is -0.701. The summed E-state index contributed by atoms with van der Waals surface area (Å²) < 4.78 is 0. The van der Waals surface area contributed by atoms with Crippen LogP contribution in [0.15, 0.2) is 0 Å². The molecule has 1 aliphatic heterocycles. The van der Waals surface area contributed by atoms with Crippen LogP contribution in [0, 0.1) is 11.3 Å². The molecule has 3 N–H and O–H groups in total. The highest BCUT2D eigenvalue weighted by Gasteiger charge is 2.44. The van der Waals surface area contributed by atoms with Gasteiger partial charge in [-0.25, -0.2) is 4.79 Å². The number of nitrogens with two attached hydrogens (primary N) is 1. The Morgan fingerprint density at radius 2 is 2.05 bits per heavy atom. The molecule has 0 spiro atoms. The van der Waals surface area contributed by atoms with Crippen LogP contribution in [-0.4, -0.2) is 41.0 Å². The van der Waals surface area contributed by atoms with Gasteiger partial charge in [0.15, 0.2) is 0 Å². The van der Waals surface area contributed by atoms with E-state index in [2.05, 4.69) is 6.92 Å². The Labute approximate surface area is 127 Å². The van der Waals surface area contributed by atoms with Gasteiger partial charge in [-0.1, -0.05) is 27.2 Å². The highest BCUT2D eigenvalue weighted by Crippen LogP contribution is 2.35. The van der Waals surface area contributed by atoms with Crippen molar-refractivity contribution in [2.45, 2.75) is 65.3 Å². The summed E-state index contributed by atoms with van der Waals surface area (Å²) in [6.45, 7) is 7.19. The minimum absolute atomic E-state index is 0.0225. The van der Waals surface area contributed by atoms with E-state index >= 15 is 0 Å². The quantitative estimate of drug-likeness (QED) is 0.755. The number of hydrogen-bond donors (Lipinski definition) is 2. The number of carboxylic acids is 1. The lowest BCUT2D eigenvalue weighted by atomic mass is 9.76. The minimum atomic E-state index is -0.887. The summed E-state index contributed by atoms with van der Waals surface area (Å²) >= 11 is 0. The fraction of sp³-hybridized carbons (Fsp3) is 0.875. The number of nitrogens with zero attached hydrogens (tertiary/aromatic N) is 1. The van der Waals surface area contributed by atoms with Crippen LogP contribution in [0.25, 0.3) is 0 Å². The van der Waals surface area contributed by atoms with E-state index in [0.29, 0.717) is 25.4 Å². The zero-order chi connectivity index (χ0) is 16.0. The molecule has 2 unspecified atom stereocenters. The van der Waals surface area contributed by atoms with Gasteiger partial charge in [-0.05, 0) is 43.6 Å². The Hall–Kier alpha value is -1.10. The molecule has 21 heavy (non-hydrogen) atoms. The third kappa shape index (κ3) is 4.70. The van der Waals surface area contributed by atoms with Crippen molar-refractivity contribution >= 4 is 11.9 Å². The van der Waals surface area contributed by atoms with E-state index in [4.69, 9.17) is 5.73 Å². The summed E-state index contributed by atoms with van der Waals surface area (Å²) in [5, 5.41) is 9.49. The second-order valence-corrected chi connectivity index (χ2v) is 6.81. The molecule has 5 heteroatoms. The number of carbonyl (C=O) groups is 2. The van der Waals surface area contributed by atoms with Crippen LogP contribution in [0.4, 0.5) is 0 Å². The van der Waals surface area contributed by atoms with Gasteiger partial charge in [0.25, 0.3) is 0 Å². The van der Waals surface area contributed by atoms with Crippen LogP contribution in [0.2, 0.25) is 0 Å². The van der Waals surface area contributed by atoms with Gasteiger partial charge in [-0.3, -0.25) is 4.79 Å². The van der Waals surface area contributed by atoms with Gasteiger partial charge in [0.05, 0.1) is 0 Å². The molecule has 0 aromatic heterocycles. The largest absolute Gasteiger partial charge is 0.480 e. The van der Waals surface area contributed by atoms with E-state index in [-0.39, 0.29) is 11.3 Å². The molecule has 0 radical (unpaired) electrons. The first kappa shape index (κ1) is 18.0. The van der Waals surface area contributed by atoms with E-state index in [1.165, 1.54) is 0 Å². The van der Waals surface area contributed by atoms with Crippen molar-refractivity contribution in [3.05, 3.63) is 0 Å². The molecule has 1 saturated heterocycles. The van der Waals surface area contributed by atoms with E-state index in [1.54, 1.807) is 4.90 Å². The van der Waals surface area contributed by atoms with Gasteiger partial charge in [-0.2, -0.15) is 0 Å². The maximum absolute atomic E-state index is 12.5. The van der Waals surface area contributed by atoms with Gasteiger partial charge >= 0.3 is 5.97 Å². The molecule has 0 aromatic rings. The smallest absolute Gasteiger partial charge is 0.326 e. The van der Waals surface area contributed by atoms with Crippen molar-refractivity contribution < 1.29 is 14.7 Å². The maximum atomic E-state index is 12.5. The molecule has 2 atom stereocenters. The van der Waals surface area contributed by atoms with Gasteiger partial charge in [0.1, 0.15) is 6.04 Å². The SMILES string of the molecule is CCC(CCN)CCC(=O)N1CCCC(C)(C)C1C(=O)O. The summed E-state index contributed by atoms with van der Waals surface area (Å²) in [5.74, 6) is -0.451. The van der Waals surface area contributed by atoms with Crippen LogP contribution in [0.5, 0.6) is 0 Å². The van der Waals surface area contributed by atoms with Crippen LogP contribution >= 0.6 is 0 Å². The molecule has 0 aliphatic carbocycles. The lowest BCUT2D eigenvalue weighted by Crippen LogP contribution is -2.56. The Kier molecular flexibility index (Phi) is 6.65. The van der Waals surface area contributed by atoms with E-state index in [1.807, 2.05) is 13.8 Å². The first-order valence-corrected chi connectivity index (χ1v) is 8.05. The highest BCUT2D eigenvalue weighted by atomic mass is 16.4. The van der Waals surface area contributed by atoms with Gasteiger partial charge in [-0.15, -0.1) is 0 Å². The first-order chi connectivity index (χ1) is 9.83. The van der Waals surface area contributed by atoms with E-state index in [0.717, 1.165) is 32.1 Å². The monoisotopic (exact) mass is 298 g/mol. The number of hydrogen-bond acceptors (Lipinski definition) is 3. The molecule has 1 fully saturated rings. The Morgan fingerprint density at radius 1 is 1.38 bits per heavy atom. The van der Waals surface area contributed by atoms with Crippen molar-refractivity contribution in [3.63, 3.8) is 0 Å². The zero-order valence-electron chi connectivity index (χ0n) is 13.6. The van der Waals surface area contributed by atoms with Gasteiger partial charge in [0, 0.05) is 13.0 Å². The summed E-state index contributed by atoms with van der Waals surface area (Å²) in [4.78, 5) is 25.6. The van der Waals surface area contributed by atoms with Crippen molar-refractivity contribution in [2.24, 2.45) is 17.1 Å². The third-order valence-electron chi connectivity index (χ3n) is 4.75. The lowest BCUT2D eigenvalue weighted by Gasteiger charge is -2.44. The molecular weight excluding hydrogens is 268 g/mol. The van der Waals surface area contributed by atoms with Gasteiger partial charge in [0.2, 0.25) is 5.91 Å².